The van der Waals surface area contributed by atoms with Gasteiger partial charge in [0.25, 0.3) is 0 Å². The molecule has 0 atom stereocenters. The van der Waals surface area contributed by atoms with Crippen LogP contribution in [-0.2, 0) is 9.53 Å². The molecule has 0 bridgehead atoms. The van der Waals surface area contributed by atoms with E-state index in [4.69, 9.17) is 5.11 Å². The van der Waals surface area contributed by atoms with Gasteiger partial charge in [0.05, 0.1) is 0 Å². The van der Waals surface area contributed by atoms with Crippen molar-refractivity contribution in [3.8, 4) is 0 Å². The van der Waals surface area contributed by atoms with E-state index in [0.29, 0.717) is 6.42 Å². The van der Waals surface area contributed by atoms with Crippen molar-refractivity contribution < 1.29 is 19.4 Å². The van der Waals surface area contributed by atoms with E-state index in [1.807, 2.05) is 13.0 Å². The minimum atomic E-state index is -1.23. The van der Waals surface area contributed by atoms with Crippen molar-refractivity contribution in [2.24, 2.45) is 0 Å². The van der Waals surface area contributed by atoms with E-state index in [9.17, 15) is 9.59 Å². The molecule has 1 N–H and O–H groups in total. The zero-order chi connectivity index (χ0) is 25.1. The number of ether oxygens (including phenoxy) is 1. The summed E-state index contributed by atoms with van der Waals surface area (Å²) in [6.07, 6.45) is 19.9. The molecule has 0 saturated heterocycles. The van der Waals surface area contributed by atoms with Gasteiger partial charge in [0, 0.05) is 6.42 Å². The molecular weight excluding hydrogens is 412 g/mol. The number of hydrogen-bond acceptors (Lipinski definition) is 3. The Kier molecular flexibility index (Phi) is 17.8. The molecule has 33 heavy (non-hydrogen) atoms. The first-order valence-electron chi connectivity index (χ1n) is 12.2. The molecule has 186 valence electrons. The quantitative estimate of drug-likeness (QED) is 0.174. The smallest absolute Gasteiger partial charge is 0.450 e. The zero-order valence-electron chi connectivity index (χ0n) is 21.8. The van der Waals surface area contributed by atoms with Gasteiger partial charge in [-0.1, -0.05) is 52.7 Å². The largest absolute Gasteiger partial charge is 0.506 e. The molecule has 0 spiro atoms. The molecule has 0 heterocycles. The summed E-state index contributed by atoms with van der Waals surface area (Å²) in [5.74, 6) is 0.259. The molecule has 0 aromatic carbocycles. The first kappa shape index (κ1) is 30.6. The molecular formula is C29H46O4. The van der Waals surface area contributed by atoms with Crippen LogP contribution in [0.4, 0.5) is 4.79 Å². The summed E-state index contributed by atoms with van der Waals surface area (Å²) in [5.41, 5.74) is 6.58. The third-order valence-corrected chi connectivity index (χ3v) is 5.54. The highest BCUT2D eigenvalue weighted by Crippen LogP contribution is 2.15. The maximum Gasteiger partial charge on any atom is 0.506 e. The van der Waals surface area contributed by atoms with Gasteiger partial charge < -0.3 is 14.6 Å². The van der Waals surface area contributed by atoms with Crippen LogP contribution in [-0.4, -0.2) is 23.7 Å². The first-order chi connectivity index (χ1) is 15.6. The Bertz CT molecular complexity index is 748. The molecule has 0 aromatic rings. The molecule has 0 radical (unpaired) electrons. The third kappa shape index (κ3) is 21.3. The van der Waals surface area contributed by atoms with Gasteiger partial charge in [-0.15, -0.1) is 0 Å². The Morgan fingerprint density at radius 2 is 0.848 bits per heavy atom. The summed E-state index contributed by atoms with van der Waals surface area (Å²) >= 11 is 0. The van der Waals surface area contributed by atoms with Crippen LogP contribution in [0.1, 0.15) is 106 Å². The van der Waals surface area contributed by atoms with Gasteiger partial charge in [0.2, 0.25) is 0 Å². The van der Waals surface area contributed by atoms with E-state index in [0.717, 1.165) is 63.4 Å². The molecule has 0 amide bonds. The highest BCUT2D eigenvalue weighted by molar-refractivity contribution is 5.75. The fourth-order valence-corrected chi connectivity index (χ4v) is 3.35. The minimum absolute atomic E-state index is 0.148. The molecule has 4 heteroatoms. The maximum absolute atomic E-state index is 11.0. The first-order valence-corrected chi connectivity index (χ1v) is 12.2. The number of rotatable bonds is 17. The molecule has 0 unspecified atom stereocenters. The Hall–Kier alpha value is -2.36. The average Bonchev–Trinajstić information content (AvgIpc) is 2.72. The number of ketones is 1. The molecule has 0 fully saturated rings. The third-order valence-electron chi connectivity index (χ3n) is 5.54. The van der Waals surface area contributed by atoms with Crippen molar-refractivity contribution in [1.29, 1.82) is 0 Å². The van der Waals surface area contributed by atoms with E-state index in [2.05, 4.69) is 56.7 Å². The van der Waals surface area contributed by atoms with Gasteiger partial charge in [-0.25, -0.2) is 4.79 Å². The number of carboxylic acid groups (broad SMARTS) is 1. The molecule has 0 aromatic heterocycles. The lowest BCUT2D eigenvalue weighted by Gasteiger charge is -2.04. The second-order valence-corrected chi connectivity index (χ2v) is 9.20. The topological polar surface area (TPSA) is 63.6 Å². The molecule has 0 aliphatic rings. The monoisotopic (exact) mass is 458 g/mol. The Morgan fingerprint density at radius 3 is 1.15 bits per heavy atom. The average molecular weight is 459 g/mol. The SMILES string of the molecule is CC(=O)CCC=C(C)CCC=C(C)CCC=C(C)CCC=C(C)CCC=C(C)COC(=O)O. The van der Waals surface area contributed by atoms with Crippen LogP contribution in [0.2, 0.25) is 0 Å². The summed E-state index contributed by atoms with van der Waals surface area (Å²) < 4.78 is 4.56. The zero-order valence-corrected chi connectivity index (χ0v) is 21.8. The molecule has 0 rings (SSSR count). The van der Waals surface area contributed by atoms with Gasteiger partial charge in [0.1, 0.15) is 12.4 Å². The lowest BCUT2D eigenvalue weighted by Crippen LogP contribution is -2.02. The summed E-state index contributed by atoms with van der Waals surface area (Å²) in [6, 6.07) is 0. The second-order valence-electron chi connectivity index (χ2n) is 9.20. The summed E-state index contributed by atoms with van der Waals surface area (Å²) in [7, 11) is 0. The molecule has 4 nitrogen and oxygen atoms in total. The van der Waals surface area contributed by atoms with Crippen molar-refractivity contribution in [1.82, 2.24) is 0 Å². The Labute approximate surface area is 202 Å². The standard InChI is InChI=1S/C29H46O4/c1-23(14-8-16-25(3)18-10-20-27(5)22-33-29(31)32)12-7-13-24(2)15-9-17-26(4)19-11-21-28(6)30/h12,15-16,19-20H,7-11,13-14,17-18,21-22H2,1-6H3,(H,31,32). The summed E-state index contributed by atoms with van der Waals surface area (Å²) in [5, 5.41) is 8.51. The molecule has 0 aliphatic heterocycles. The minimum Gasteiger partial charge on any atom is -0.450 e. The van der Waals surface area contributed by atoms with Gasteiger partial charge in [-0.3, -0.25) is 0 Å². The molecule has 0 saturated carbocycles. The highest BCUT2D eigenvalue weighted by Gasteiger charge is 1.98. The van der Waals surface area contributed by atoms with Crippen molar-refractivity contribution in [2.75, 3.05) is 6.61 Å². The fourth-order valence-electron chi connectivity index (χ4n) is 3.35. The Balaban J connectivity index is 4.11. The van der Waals surface area contributed by atoms with Crippen LogP contribution in [0.3, 0.4) is 0 Å². The van der Waals surface area contributed by atoms with Gasteiger partial charge >= 0.3 is 6.16 Å². The van der Waals surface area contributed by atoms with Crippen LogP contribution in [0.15, 0.2) is 58.2 Å². The van der Waals surface area contributed by atoms with Crippen molar-refractivity contribution in [2.45, 2.75) is 106 Å². The van der Waals surface area contributed by atoms with E-state index in [1.54, 1.807) is 6.92 Å². The Morgan fingerprint density at radius 1 is 0.545 bits per heavy atom. The van der Waals surface area contributed by atoms with E-state index >= 15 is 0 Å². The fraction of sp³-hybridized carbons (Fsp3) is 0.586. The van der Waals surface area contributed by atoms with Crippen LogP contribution in [0.5, 0.6) is 0 Å². The summed E-state index contributed by atoms with van der Waals surface area (Å²) in [6.45, 7) is 12.4. The predicted molar refractivity (Wildman–Crippen MR) is 140 cm³/mol. The van der Waals surface area contributed by atoms with E-state index in [1.165, 1.54) is 22.3 Å². The van der Waals surface area contributed by atoms with Gasteiger partial charge in [-0.05, 0) is 105 Å². The highest BCUT2D eigenvalue weighted by atomic mass is 16.7. The lowest BCUT2D eigenvalue weighted by atomic mass is 10.0. The predicted octanol–water partition coefficient (Wildman–Crippen LogP) is 8.90. The van der Waals surface area contributed by atoms with Crippen LogP contribution in [0.25, 0.3) is 0 Å². The number of carbonyl (C=O) groups is 2. The second kappa shape index (κ2) is 19.1. The number of carbonyl (C=O) groups excluding carboxylic acids is 1. The van der Waals surface area contributed by atoms with Crippen molar-refractivity contribution in [3.05, 3.63) is 58.2 Å². The number of hydrogen-bond donors (Lipinski definition) is 1. The van der Waals surface area contributed by atoms with E-state index in [-0.39, 0.29) is 12.4 Å². The summed E-state index contributed by atoms with van der Waals surface area (Å²) in [4.78, 5) is 21.4. The normalized spacial score (nSPS) is 13.9. The number of Topliss-reactive ketones (excluding diaryl/α,β-unsaturated/α-hetero) is 1. The van der Waals surface area contributed by atoms with Gasteiger partial charge in [0.15, 0.2) is 0 Å². The van der Waals surface area contributed by atoms with Crippen molar-refractivity contribution in [3.63, 3.8) is 0 Å². The maximum atomic E-state index is 11.0. The molecule has 0 aliphatic carbocycles. The van der Waals surface area contributed by atoms with Crippen LogP contribution >= 0.6 is 0 Å². The van der Waals surface area contributed by atoms with Crippen molar-refractivity contribution >= 4 is 11.9 Å². The van der Waals surface area contributed by atoms with Gasteiger partial charge in [-0.2, -0.15) is 0 Å². The lowest BCUT2D eigenvalue weighted by molar-refractivity contribution is -0.116. The van der Waals surface area contributed by atoms with Crippen LogP contribution in [0, 0.1) is 0 Å². The van der Waals surface area contributed by atoms with Crippen LogP contribution < -0.4 is 0 Å². The van der Waals surface area contributed by atoms with E-state index < -0.39 is 6.16 Å². The number of allylic oxidation sites excluding steroid dienone is 9.